The van der Waals surface area contributed by atoms with E-state index in [9.17, 15) is 24.9 Å². The molecule has 15 heteroatoms. The van der Waals surface area contributed by atoms with Gasteiger partial charge in [-0.1, -0.05) is 90.8 Å². The highest BCUT2D eigenvalue weighted by Gasteiger charge is 2.65. The summed E-state index contributed by atoms with van der Waals surface area (Å²) in [5.74, 6) is -1.74. The Balaban J connectivity index is 1.43. The molecule has 6 rings (SSSR count). The van der Waals surface area contributed by atoms with Gasteiger partial charge in [0.05, 0.1) is 51.3 Å². The Morgan fingerprint density at radius 3 is 2.34 bits per heavy atom. The summed E-state index contributed by atoms with van der Waals surface area (Å²) < 4.78 is 37.7. The molecule has 6 atom stereocenters. The fourth-order valence-corrected chi connectivity index (χ4v) is 9.47. The van der Waals surface area contributed by atoms with E-state index in [0.29, 0.717) is 36.7 Å². The van der Waals surface area contributed by atoms with Crippen LogP contribution in [0.2, 0.25) is 0 Å². The van der Waals surface area contributed by atoms with Gasteiger partial charge in [-0.25, -0.2) is 9.59 Å². The third-order valence-electron chi connectivity index (χ3n) is 12.2. The van der Waals surface area contributed by atoms with E-state index in [4.69, 9.17) is 33.3 Å². The number of hydrogen-bond donors (Lipinski definition) is 4. The number of nitrogens with one attached hydrogen (secondary N) is 1. The van der Waals surface area contributed by atoms with E-state index in [1.807, 2.05) is 66.7 Å². The molecule has 1 saturated carbocycles. The van der Waals surface area contributed by atoms with E-state index in [-0.39, 0.29) is 90.1 Å². The molecule has 0 aromatic heterocycles. The van der Waals surface area contributed by atoms with Crippen molar-refractivity contribution in [2.75, 3.05) is 66.5 Å². The number of unbranched alkanes of at least 4 members (excludes halogenated alkanes) is 2. The molecule has 4 N–H and O–H groups in total. The Labute approximate surface area is 381 Å². The lowest BCUT2D eigenvalue weighted by Crippen LogP contribution is -2.70. The fourth-order valence-electron chi connectivity index (χ4n) is 9.47. The largest absolute Gasteiger partial charge is 0.459 e. The number of benzene rings is 3. The maximum absolute atomic E-state index is 14.5. The van der Waals surface area contributed by atoms with Gasteiger partial charge in [-0.15, -0.1) is 6.58 Å². The zero-order chi connectivity index (χ0) is 45.9. The van der Waals surface area contributed by atoms with Crippen molar-refractivity contribution in [1.29, 1.82) is 0 Å². The zero-order valence-electron chi connectivity index (χ0n) is 37.4. The Hall–Kier alpha value is -5.29. The molecule has 2 aliphatic carbocycles. The molecule has 6 unspecified atom stereocenters. The van der Waals surface area contributed by atoms with Crippen LogP contribution < -0.4 is 14.8 Å². The van der Waals surface area contributed by atoms with Crippen LogP contribution in [0.3, 0.4) is 0 Å². The monoisotopic (exact) mass is 899 g/mol. The van der Waals surface area contributed by atoms with E-state index >= 15 is 0 Å². The van der Waals surface area contributed by atoms with Gasteiger partial charge in [0.15, 0.2) is 0 Å². The third kappa shape index (κ3) is 12.7. The number of aliphatic hydroxyl groups excluding tert-OH is 3. The van der Waals surface area contributed by atoms with Crippen molar-refractivity contribution in [3.63, 3.8) is 0 Å². The molecule has 1 aliphatic heterocycles. The summed E-state index contributed by atoms with van der Waals surface area (Å²) >= 11 is 0. The summed E-state index contributed by atoms with van der Waals surface area (Å²) in [6, 6.07) is 23.7. The smallest absolute Gasteiger partial charge is 0.412 e. The van der Waals surface area contributed by atoms with Crippen LogP contribution in [0.4, 0.5) is 9.59 Å². The summed E-state index contributed by atoms with van der Waals surface area (Å²) in [6.45, 7) is 4.91. The molecular formula is C50H65N3O12. The molecule has 2 amide bonds. The number of carbonyl (C=O) groups is 2. The number of allylic oxidation sites excluding steroid dienone is 1. The number of nitrogens with zero attached hydrogens (tertiary/aromatic N) is 2. The van der Waals surface area contributed by atoms with Crippen molar-refractivity contribution in [2.24, 2.45) is 22.9 Å². The van der Waals surface area contributed by atoms with Gasteiger partial charge in [-0.05, 0) is 72.4 Å². The van der Waals surface area contributed by atoms with Crippen LogP contribution in [0, 0.1) is 17.8 Å². The molecule has 15 nitrogen and oxygen atoms in total. The predicted octanol–water partition coefficient (Wildman–Crippen LogP) is 6.90. The minimum atomic E-state index is -1.55. The van der Waals surface area contributed by atoms with Crippen LogP contribution in [0.5, 0.6) is 11.5 Å². The van der Waals surface area contributed by atoms with Crippen LogP contribution >= 0.6 is 0 Å². The summed E-state index contributed by atoms with van der Waals surface area (Å²) in [7, 11) is 1.48. The van der Waals surface area contributed by atoms with Crippen molar-refractivity contribution < 1.29 is 58.2 Å². The second kappa shape index (κ2) is 25.4. The van der Waals surface area contributed by atoms with Gasteiger partial charge in [-0.2, -0.15) is 0 Å². The molecule has 352 valence electrons. The highest BCUT2D eigenvalue weighted by molar-refractivity contribution is 6.03. The molecule has 0 saturated heterocycles. The first-order valence-electron chi connectivity index (χ1n) is 22.7. The number of fused-ring (bicyclic) bond motifs is 2. The molecule has 0 radical (unpaired) electrons. The van der Waals surface area contributed by atoms with Crippen LogP contribution in [0.25, 0.3) is 0 Å². The Kier molecular flexibility index (Phi) is 19.2. The van der Waals surface area contributed by atoms with E-state index in [0.717, 1.165) is 47.9 Å². The zero-order valence-corrected chi connectivity index (χ0v) is 37.4. The Bertz CT molecular complexity index is 2020. The molecule has 1 heterocycles. The van der Waals surface area contributed by atoms with Gasteiger partial charge >= 0.3 is 12.2 Å². The molecular weight excluding hydrogens is 835 g/mol. The van der Waals surface area contributed by atoms with E-state index in [1.54, 1.807) is 23.1 Å². The lowest BCUT2D eigenvalue weighted by atomic mass is 9.55. The number of oxime groups is 1. The average molecular weight is 900 g/mol. The summed E-state index contributed by atoms with van der Waals surface area (Å²) in [6.07, 6.45) is 6.99. The number of hydrogen-bond acceptors (Lipinski definition) is 13. The molecule has 3 aromatic carbocycles. The topological polar surface area (TPSA) is 187 Å². The first-order valence-corrected chi connectivity index (χ1v) is 22.7. The van der Waals surface area contributed by atoms with Crippen molar-refractivity contribution in [3.05, 3.63) is 120 Å². The van der Waals surface area contributed by atoms with E-state index < -0.39 is 29.9 Å². The Morgan fingerprint density at radius 2 is 1.63 bits per heavy atom. The number of amides is 2. The number of carbonyl (C=O) groups excluding carboxylic acids is 2. The molecule has 0 bridgehead atoms. The van der Waals surface area contributed by atoms with Crippen LogP contribution in [-0.2, 0) is 36.9 Å². The second-order valence-electron chi connectivity index (χ2n) is 16.4. The standard InChI is InChI=1S/C50H65N3O12/c1-3-26-63-50-45(53(22-27-60-28-25-56)49(58)62-30-29-61-35-37-16-8-5-9-17-37)33-43(52-59-2)41-31-38(18-10-12-23-54)40(19-11-13-24-55)46(47(41)50)42-32-39(20-21-44(42)65-50)64-48(57)51-34-36-14-6-4-7-15-36/h3-9,14-17,20-21,31-32,38,40,45-47,54-56H,1,10-13,18-19,22-30,33-35H2,2H3,(H,51,57). The van der Waals surface area contributed by atoms with Crippen LogP contribution in [0.1, 0.15) is 67.6 Å². The van der Waals surface area contributed by atoms with Gasteiger partial charge in [0, 0.05) is 44.2 Å². The van der Waals surface area contributed by atoms with E-state index in [2.05, 4.69) is 23.1 Å². The van der Waals surface area contributed by atoms with Gasteiger partial charge in [-0.3, -0.25) is 4.90 Å². The van der Waals surface area contributed by atoms with E-state index in [1.165, 1.54) is 7.11 Å². The summed E-state index contributed by atoms with van der Waals surface area (Å²) in [4.78, 5) is 34.9. The van der Waals surface area contributed by atoms with Crippen molar-refractivity contribution >= 4 is 17.9 Å². The van der Waals surface area contributed by atoms with Gasteiger partial charge < -0.3 is 53.9 Å². The van der Waals surface area contributed by atoms with Crippen LogP contribution in [0.15, 0.2) is 108 Å². The number of ether oxygens (including phenoxy) is 6. The minimum Gasteiger partial charge on any atom is -0.459 e. The van der Waals surface area contributed by atoms with Crippen molar-refractivity contribution in [3.8, 4) is 11.5 Å². The fraction of sp³-hybridized carbons (Fsp3) is 0.500. The SMILES string of the molecule is C=CCOC12Oc3ccc(OC(=O)NCc4ccccc4)cc3C3C(CCCCO)C(CCCCO)C=C(C(=NOC)CC1N(CCOCCO)C(=O)OCCOCc1ccccc1)C32. The maximum atomic E-state index is 14.5. The van der Waals surface area contributed by atoms with Crippen molar-refractivity contribution in [2.45, 2.75) is 75.8 Å². The highest BCUT2D eigenvalue weighted by Crippen LogP contribution is 2.62. The first-order chi connectivity index (χ1) is 31.9. The highest BCUT2D eigenvalue weighted by atomic mass is 16.7. The molecule has 65 heavy (non-hydrogen) atoms. The van der Waals surface area contributed by atoms with Gasteiger partial charge in [0.1, 0.15) is 31.3 Å². The predicted molar refractivity (Wildman–Crippen MR) is 243 cm³/mol. The molecule has 0 spiro atoms. The second-order valence-corrected chi connectivity index (χ2v) is 16.4. The molecule has 1 fully saturated rings. The summed E-state index contributed by atoms with van der Waals surface area (Å²) in [5.41, 5.74) is 4.16. The lowest BCUT2D eigenvalue weighted by Gasteiger charge is -2.59. The van der Waals surface area contributed by atoms with Gasteiger partial charge in [0.25, 0.3) is 0 Å². The van der Waals surface area contributed by atoms with Crippen LogP contribution in [-0.4, -0.2) is 116 Å². The number of aliphatic hydroxyl groups is 3. The normalized spacial score (nSPS) is 22.4. The third-order valence-corrected chi connectivity index (χ3v) is 12.2. The Morgan fingerprint density at radius 1 is 0.892 bits per heavy atom. The minimum absolute atomic E-state index is 0.000680. The lowest BCUT2D eigenvalue weighted by molar-refractivity contribution is -0.256. The molecule has 3 aromatic rings. The average Bonchev–Trinajstić information content (AvgIpc) is 3.32. The number of rotatable bonds is 26. The van der Waals surface area contributed by atoms with Crippen molar-refractivity contribution in [1.82, 2.24) is 10.2 Å². The quantitative estimate of drug-likeness (QED) is 0.0372. The molecule has 3 aliphatic rings. The first kappa shape index (κ1) is 49.2. The maximum Gasteiger partial charge on any atom is 0.412 e. The van der Waals surface area contributed by atoms with Gasteiger partial charge in [0.2, 0.25) is 5.79 Å². The summed E-state index contributed by atoms with van der Waals surface area (Å²) in [5, 5.41) is 36.8.